The molecule has 3 rings (SSSR count). The van der Waals surface area contributed by atoms with Crippen LogP contribution in [0.4, 0.5) is 0 Å². The number of ether oxygens (including phenoxy) is 2. The second-order valence-electron chi connectivity index (χ2n) is 6.03. The van der Waals surface area contributed by atoms with Crippen LogP contribution in [0.15, 0.2) is 40.9 Å². The first-order valence-corrected chi connectivity index (χ1v) is 8.69. The summed E-state index contributed by atoms with van der Waals surface area (Å²) in [6.45, 7) is 0. The lowest BCUT2D eigenvalue weighted by Crippen LogP contribution is -2.42. The number of amides is 1. The van der Waals surface area contributed by atoms with Crippen LogP contribution in [0.3, 0.4) is 0 Å². The highest BCUT2D eigenvalue weighted by Crippen LogP contribution is 2.45. The van der Waals surface area contributed by atoms with Crippen LogP contribution >= 0.6 is 15.9 Å². The second-order valence-corrected chi connectivity index (χ2v) is 6.94. The van der Waals surface area contributed by atoms with Gasteiger partial charge in [0.2, 0.25) is 0 Å². The van der Waals surface area contributed by atoms with Gasteiger partial charge in [-0.2, -0.15) is 0 Å². The third-order valence-corrected chi connectivity index (χ3v) is 5.12. The van der Waals surface area contributed by atoms with Crippen LogP contribution in [0.25, 0.3) is 0 Å². The van der Waals surface area contributed by atoms with E-state index in [9.17, 15) is 14.7 Å². The summed E-state index contributed by atoms with van der Waals surface area (Å²) in [6.07, 6.45) is 0. The van der Waals surface area contributed by atoms with Crippen molar-refractivity contribution in [2.45, 2.75) is 12.0 Å². The Hall–Kier alpha value is -2.54. The van der Waals surface area contributed by atoms with Crippen molar-refractivity contribution in [3.63, 3.8) is 0 Å². The van der Waals surface area contributed by atoms with E-state index < -0.39 is 17.9 Å². The first-order chi connectivity index (χ1) is 12.4. The summed E-state index contributed by atoms with van der Waals surface area (Å²) >= 11 is 3.41. The highest BCUT2D eigenvalue weighted by molar-refractivity contribution is 9.10. The van der Waals surface area contributed by atoms with Crippen LogP contribution in [-0.4, -0.2) is 43.2 Å². The van der Waals surface area contributed by atoms with Gasteiger partial charge in [0.25, 0.3) is 5.91 Å². The summed E-state index contributed by atoms with van der Waals surface area (Å²) in [4.78, 5) is 26.6. The maximum atomic E-state index is 12.9. The number of benzene rings is 2. The van der Waals surface area contributed by atoms with Gasteiger partial charge in [0.15, 0.2) is 11.5 Å². The fraction of sp³-hybridized carbons (Fsp3) is 0.263. The van der Waals surface area contributed by atoms with Gasteiger partial charge in [0.05, 0.1) is 20.3 Å². The number of aliphatic carboxylic acids is 1. The normalized spacial score (nSPS) is 19.1. The summed E-state index contributed by atoms with van der Waals surface area (Å²) in [5.74, 6) is -1.42. The van der Waals surface area contributed by atoms with Crippen molar-refractivity contribution in [2.24, 2.45) is 0 Å². The molecule has 0 bridgehead atoms. The minimum Gasteiger partial charge on any atom is -0.493 e. The molecule has 0 saturated heterocycles. The Morgan fingerprint density at radius 1 is 1.15 bits per heavy atom. The molecule has 0 unspecified atom stereocenters. The van der Waals surface area contributed by atoms with Gasteiger partial charge in [-0.15, -0.1) is 0 Å². The van der Waals surface area contributed by atoms with Crippen molar-refractivity contribution in [2.75, 3.05) is 21.3 Å². The molecule has 2 aromatic carbocycles. The van der Waals surface area contributed by atoms with Gasteiger partial charge in [-0.25, -0.2) is 0 Å². The third kappa shape index (κ3) is 2.92. The molecule has 1 amide bonds. The molecule has 1 aliphatic rings. The maximum Gasteiger partial charge on any atom is 0.313 e. The lowest BCUT2D eigenvalue weighted by molar-refractivity contribution is -0.140. The standard InChI is InChI=1S/C19H18BrNO5/c1-21-17(10-5-4-6-11(20)7-10)16(19(23)24)12-8-14(25-2)15(26-3)9-13(12)18(21)22/h4-9,16-17H,1-3H3,(H,23,24)/t16-,17+/m0/s1. The molecule has 26 heavy (non-hydrogen) atoms. The number of hydrogen-bond acceptors (Lipinski definition) is 4. The number of carbonyl (C=O) groups excluding carboxylic acids is 1. The molecule has 0 aromatic heterocycles. The lowest BCUT2D eigenvalue weighted by atomic mass is 9.80. The predicted molar refractivity (Wildman–Crippen MR) is 98.9 cm³/mol. The van der Waals surface area contributed by atoms with Crippen LogP contribution in [-0.2, 0) is 4.79 Å². The van der Waals surface area contributed by atoms with Crippen LogP contribution in [0.5, 0.6) is 11.5 Å². The zero-order chi connectivity index (χ0) is 19.0. The zero-order valence-electron chi connectivity index (χ0n) is 14.5. The Kier molecular flexibility index (Phi) is 4.91. The van der Waals surface area contributed by atoms with E-state index in [0.717, 1.165) is 10.0 Å². The van der Waals surface area contributed by atoms with Crippen molar-refractivity contribution < 1.29 is 24.2 Å². The van der Waals surface area contributed by atoms with Crippen molar-refractivity contribution in [1.29, 1.82) is 0 Å². The fourth-order valence-corrected chi connectivity index (χ4v) is 3.84. The lowest BCUT2D eigenvalue weighted by Gasteiger charge is -2.39. The number of nitrogens with zero attached hydrogens (tertiary/aromatic N) is 1. The van der Waals surface area contributed by atoms with E-state index in [1.165, 1.54) is 19.1 Å². The third-order valence-electron chi connectivity index (χ3n) is 4.63. The largest absolute Gasteiger partial charge is 0.493 e. The highest BCUT2D eigenvalue weighted by Gasteiger charge is 2.43. The maximum absolute atomic E-state index is 12.9. The minimum atomic E-state index is -1.01. The van der Waals surface area contributed by atoms with E-state index in [-0.39, 0.29) is 5.91 Å². The Labute approximate surface area is 159 Å². The van der Waals surface area contributed by atoms with Crippen molar-refractivity contribution in [3.8, 4) is 11.5 Å². The molecule has 136 valence electrons. The average Bonchev–Trinajstić information content (AvgIpc) is 2.62. The monoisotopic (exact) mass is 419 g/mol. The first kappa shape index (κ1) is 18.3. The van der Waals surface area contributed by atoms with Crippen molar-refractivity contribution in [3.05, 3.63) is 57.6 Å². The minimum absolute atomic E-state index is 0.261. The fourth-order valence-electron chi connectivity index (χ4n) is 3.42. The number of carboxylic acid groups (broad SMARTS) is 1. The smallest absolute Gasteiger partial charge is 0.313 e. The second kappa shape index (κ2) is 6.99. The molecule has 1 heterocycles. The zero-order valence-corrected chi connectivity index (χ0v) is 16.1. The Morgan fingerprint density at radius 2 is 1.81 bits per heavy atom. The molecule has 7 heteroatoms. The molecule has 0 radical (unpaired) electrons. The molecule has 0 saturated carbocycles. The van der Waals surface area contributed by atoms with Gasteiger partial charge < -0.3 is 19.5 Å². The number of hydrogen-bond donors (Lipinski definition) is 1. The molecule has 2 aromatic rings. The number of halogens is 1. The van der Waals surface area contributed by atoms with Gasteiger partial charge >= 0.3 is 5.97 Å². The quantitative estimate of drug-likeness (QED) is 0.820. The molecule has 1 aliphatic heterocycles. The van der Waals surface area contributed by atoms with Crippen LogP contribution in [0, 0.1) is 0 Å². The summed E-state index contributed by atoms with van der Waals surface area (Å²) in [7, 11) is 4.56. The van der Waals surface area contributed by atoms with E-state index in [1.807, 2.05) is 24.3 Å². The predicted octanol–water partition coefficient (Wildman–Crippen LogP) is 3.46. The first-order valence-electron chi connectivity index (χ1n) is 7.90. The van der Waals surface area contributed by atoms with Gasteiger partial charge in [-0.05, 0) is 35.4 Å². The molecule has 0 aliphatic carbocycles. The number of carbonyl (C=O) groups is 2. The van der Waals surface area contributed by atoms with Crippen LogP contribution in [0.1, 0.15) is 33.4 Å². The van der Waals surface area contributed by atoms with Gasteiger partial charge in [-0.1, -0.05) is 28.1 Å². The molecule has 6 nitrogen and oxygen atoms in total. The highest BCUT2D eigenvalue weighted by atomic mass is 79.9. The van der Waals surface area contributed by atoms with Crippen molar-refractivity contribution in [1.82, 2.24) is 4.90 Å². The van der Waals surface area contributed by atoms with E-state index in [4.69, 9.17) is 9.47 Å². The molecule has 0 spiro atoms. The number of rotatable bonds is 4. The van der Waals surface area contributed by atoms with E-state index in [1.54, 1.807) is 19.2 Å². The molecule has 1 N–H and O–H groups in total. The molecular formula is C19H18BrNO5. The summed E-state index contributed by atoms with van der Waals surface area (Å²) < 4.78 is 11.4. The van der Waals surface area contributed by atoms with Gasteiger partial charge in [-0.3, -0.25) is 9.59 Å². The number of likely N-dealkylation sites (N-methyl/N-ethyl adjacent to an activating group) is 1. The number of fused-ring (bicyclic) bond motifs is 1. The van der Waals surface area contributed by atoms with Gasteiger partial charge in [0.1, 0.15) is 5.92 Å². The van der Waals surface area contributed by atoms with Crippen LogP contribution in [0.2, 0.25) is 0 Å². The van der Waals surface area contributed by atoms with E-state index >= 15 is 0 Å². The van der Waals surface area contributed by atoms with Gasteiger partial charge in [0, 0.05) is 17.1 Å². The molecule has 2 atom stereocenters. The topological polar surface area (TPSA) is 76.1 Å². The van der Waals surface area contributed by atoms with Crippen LogP contribution < -0.4 is 9.47 Å². The van der Waals surface area contributed by atoms with Crippen molar-refractivity contribution >= 4 is 27.8 Å². The Morgan fingerprint density at radius 3 is 2.38 bits per heavy atom. The SMILES string of the molecule is COc1cc2c(cc1OC)[C@H](C(=O)O)[C@@H](c1cccc(Br)c1)N(C)C2=O. The summed E-state index contributed by atoms with van der Waals surface area (Å²) in [6, 6.07) is 9.81. The number of methoxy groups -OCH3 is 2. The molecule has 0 fully saturated rings. The molecular weight excluding hydrogens is 402 g/mol. The summed E-state index contributed by atoms with van der Waals surface area (Å²) in [5.41, 5.74) is 1.47. The number of carboxylic acids is 1. The average molecular weight is 420 g/mol. The Bertz CT molecular complexity index is 882. The summed E-state index contributed by atoms with van der Waals surface area (Å²) in [5, 5.41) is 9.96. The van der Waals surface area contributed by atoms with E-state index in [0.29, 0.717) is 22.6 Å². The Balaban J connectivity index is 2.25. The van der Waals surface area contributed by atoms with E-state index in [2.05, 4.69) is 15.9 Å².